The van der Waals surface area contributed by atoms with Gasteiger partial charge in [-0.05, 0) is 47.9 Å². The molecule has 1 unspecified atom stereocenters. The second-order valence-corrected chi connectivity index (χ2v) is 5.75. The van der Waals surface area contributed by atoms with Gasteiger partial charge in [-0.15, -0.1) is 0 Å². The number of hydrogen-bond donors (Lipinski definition) is 0. The predicted octanol–water partition coefficient (Wildman–Crippen LogP) is 4.73. The van der Waals surface area contributed by atoms with Crippen LogP contribution in [-0.2, 0) is 6.42 Å². The number of aryl methyl sites for hydroxylation is 1. The van der Waals surface area contributed by atoms with Gasteiger partial charge in [-0.25, -0.2) is 4.39 Å². The highest BCUT2D eigenvalue weighted by atomic mass is 79.9. The fourth-order valence-electron chi connectivity index (χ4n) is 1.67. The van der Waals surface area contributed by atoms with Crippen molar-refractivity contribution in [3.05, 3.63) is 35.1 Å². The predicted molar refractivity (Wildman–Crippen MR) is 71.6 cm³/mol. The van der Waals surface area contributed by atoms with Crippen LogP contribution in [-0.4, -0.2) is 5.33 Å². The minimum atomic E-state index is -0.138. The molecule has 0 bridgehead atoms. The lowest BCUT2D eigenvalue weighted by molar-refractivity contribution is 0.257. The average molecular weight is 287 g/mol. The van der Waals surface area contributed by atoms with Gasteiger partial charge < -0.3 is 0 Å². The second kappa shape index (κ2) is 5.31. The first-order chi connectivity index (χ1) is 7.39. The van der Waals surface area contributed by atoms with Gasteiger partial charge in [0.2, 0.25) is 0 Å². The highest BCUT2D eigenvalue weighted by Crippen LogP contribution is 2.34. The van der Waals surface area contributed by atoms with E-state index in [0.29, 0.717) is 5.92 Å². The summed E-state index contributed by atoms with van der Waals surface area (Å²) in [7, 11) is 0. The normalized spacial score (nSPS) is 15.2. The first-order valence-electron chi connectivity index (χ1n) is 5.70. The molecule has 0 spiro atoms. The maximum atomic E-state index is 13.2. The van der Waals surface area contributed by atoms with E-state index in [4.69, 9.17) is 0 Å². The largest absolute Gasteiger partial charge is 0.207 e. The van der Waals surface area contributed by atoms with Gasteiger partial charge in [0.1, 0.15) is 5.82 Å². The van der Waals surface area contributed by atoms with Crippen molar-refractivity contribution in [3.8, 4) is 0 Å². The van der Waals surface area contributed by atoms with Crippen LogP contribution in [0.2, 0.25) is 0 Å². The Balaban J connectivity index is 2.98. The van der Waals surface area contributed by atoms with E-state index in [1.807, 2.05) is 13.0 Å². The molecule has 0 aliphatic rings. The molecule has 1 rings (SSSR count). The van der Waals surface area contributed by atoms with Gasteiger partial charge >= 0.3 is 0 Å². The molecule has 0 aliphatic heterocycles. The third-order valence-electron chi connectivity index (χ3n) is 3.60. The van der Waals surface area contributed by atoms with Crippen LogP contribution in [0.1, 0.15) is 31.9 Å². The molecule has 1 atom stereocenters. The number of hydrogen-bond acceptors (Lipinski definition) is 0. The molecule has 0 heterocycles. The molecular weight excluding hydrogens is 267 g/mol. The van der Waals surface area contributed by atoms with Crippen LogP contribution in [0.5, 0.6) is 0 Å². The quantitative estimate of drug-likeness (QED) is 0.702. The summed E-state index contributed by atoms with van der Waals surface area (Å²) in [4.78, 5) is 0. The summed E-state index contributed by atoms with van der Waals surface area (Å²) in [5.74, 6) is 0.427. The van der Waals surface area contributed by atoms with Gasteiger partial charge in [-0.1, -0.05) is 42.8 Å². The maximum absolute atomic E-state index is 13.2. The van der Waals surface area contributed by atoms with Crippen molar-refractivity contribution in [2.45, 2.75) is 34.1 Å². The van der Waals surface area contributed by atoms with Gasteiger partial charge in [-0.3, -0.25) is 0 Å². The van der Waals surface area contributed by atoms with Crippen LogP contribution in [0.25, 0.3) is 0 Å². The van der Waals surface area contributed by atoms with Crippen LogP contribution >= 0.6 is 15.9 Å². The summed E-state index contributed by atoms with van der Waals surface area (Å²) in [6, 6.07) is 5.05. The number of rotatable bonds is 4. The highest BCUT2D eigenvalue weighted by molar-refractivity contribution is 9.09. The van der Waals surface area contributed by atoms with Crippen molar-refractivity contribution in [2.24, 2.45) is 11.3 Å². The Bertz CT molecular complexity index is 360. The van der Waals surface area contributed by atoms with Gasteiger partial charge in [0.25, 0.3) is 0 Å². The van der Waals surface area contributed by atoms with Gasteiger partial charge in [0.05, 0.1) is 0 Å². The van der Waals surface area contributed by atoms with E-state index >= 15 is 0 Å². The first kappa shape index (κ1) is 13.7. The summed E-state index contributed by atoms with van der Waals surface area (Å²) >= 11 is 3.58. The molecule has 0 saturated carbocycles. The third kappa shape index (κ3) is 3.07. The lowest BCUT2D eigenvalue weighted by Crippen LogP contribution is -2.28. The Labute approximate surface area is 106 Å². The summed E-state index contributed by atoms with van der Waals surface area (Å²) in [6.07, 6.45) is 0.916. The van der Waals surface area contributed by atoms with Crippen molar-refractivity contribution < 1.29 is 4.39 Å². The number of benzene rings is 1. The Hall–Kier alpha value is -0.370. The van der Waals surface area contributed by atoms with E-state index in [2.05, 4.69) is 36.7 Å². The van der Waals surface area contributed by atoms with Gasteiger partial charge in [0.15, 0.2) is 0 Å². The molecule has 0 aromatic heterocycles. The Morgan fingerprint density at radius 3 is 2.50 bits per heavy atom. The zero-order chi connectivity index (χ0) is 12.3. The molecule has 2 heteroatoms. The second-order valence-electron chi connectivity index (χ2n) is 5.19. The van der Waals surface area contributed by atoms with Crippen molar-refractivity contribution in [3.63, 3.8) is 0 Å². The highest BCUT2D eigenvalue weighted by Gasteiger charge is 2.27. The standard InChI is InChI=1S/C14H20BrF/c1-10(2)14(4,9-15)8-12-7-13(16)6-5-11(12)3/h5-7,10H,8-9H2,1-4H3. The van der Waals surface area contributed by atoms with Crippen molar-refractivity contribution in [1.82, 2.24) is 0 Å². The average Bonchev–Trinajstić information content (AvgIpc) is 2.23. The van der Waals surface area contributed by atoms with Crippen LogP contribution in [0.15, 0.2) is 18.2 Å². The zero-order valence-corrected chi connectivity index (χ0v) is 12.1. The molecule has 1 aromatic rings. The minimum Gasteiger partial charge on any atom is -0.207 e. The summed E-state index contributed by atoms with van der Waals surface area (Å²) < 4.78 is 13.2. The molecule has 90 valence electrons. The van der Waals surface area contributed by atoms with E-state index in [0.717, 1.165) is 17.3 Å². The minimum absolute atomic E-state index is 0.138. The van der Waals surface area contributed by atoms with Gasteiger partial charge in [-0.2, -0.15) is 0 Å². The van der Waals surface area contributed by atoms with Gasteiger partial charge in [0, 0.05) is 5.33 Å². The van der Waals surface area contributed by atoms with Crippen LogP contribution in [0.3, 0.4) is 0 Å². The lowest BCUT2D eigenvalue weighted by Gasteiger charge is -2.32. The molecule has 0 radical (unpaired) electrons. The zero-order valence-electron chi connectivity index (χ0n) is 10.5. The molecule has 0 amide bonds. The van der Waals surface area contributed by atoms with Crippen LogP contribution in [0, 0.1) is 24.1 Å². The fraction of sp³-hybridized carbons (Fsp3) is 0.571. The molecule has 0 saturated heterocycles. The summed E-state index contributed by atoms with van der Waals surface area (Å²) in [5, 5.41) is 0.938. The maximum Gasteiger partial charge on any atom is 0.123 e. The molecule has 0 aliphatic carbocycles. The molecule has 1 aromatic carbocycles. The molecular formula is C14H20BrF. The van der Waals surface area contributed by atoms with Crippen molar-refractivity contribution in [2.75, 3.05) is 5.33 Å². The third-order valence-corrected chi connectivity index (χ3v) is 4.89. The Morgan fingerprint density at radius 2 is 2.00 bits per heavy atom. The Morgan fingerprint density at radius 1 is 1.38 bits per heavy atom. The lowest BCUT2D eigenvalue weighted by atomic mass is 9.75. The van der Waals surface area contributed by atoms with Crippen molar-refractivity contribution in [1.29, 1.82) is 0 Å². The summed E-state index contributed by atoms with van der Waals surface area (Å²) in [5.41, 5.74) is 2.48. The monoisotopic (exact) mass is 286 g/mol. The topological polar surface area (TPSA) is 0 Å². The molecule has 0 N–H and O–H groups in total. The van der Waals surface area contributed by atoms with Crippen LogP contribution in [0.4, 0.5) is 4.39 Å². The SMILES string of the molecule is Cc1ccc(F)cc1CC(C)(CBr)C(C)C. The summed E-state index contributed by atoms with van der Waals surface area (Å²) in [6.45, 7) is 8.73. The van der Waals surface area contributed by atoms with E-state index in [9.17, 15) is 4.39 Å². The van der Waals surface area contributed by atoms with Crippen molar-refractivity contribution >= 4 is 15.9 Å². The molecule has 16 heavy (non-hydrogen) atoms. The fourth-order valence-corrected chi connectivity index (χ4v) is 2.52. The van der Waals surface area contributed by atoms with E-state index in [1.165, 1.54) is 11.6 Å². The Kier molecular flexibility index (Phi) is 4.54. The molecule has 0 fully saturated rings. The smallest absolute Gasteiger partial charge is 0.123 e. The number of halogens is 2. The van der Waals surface area contributed by atoms with E-state index in [1.54, 1.807) is 6.07 Å². The molecule has 0 nitrogen and oxygen atoms in total. The van der Waals surface area contributed by atoms with E-state index < -0.39 is 0 Å². The van der Waals surface area contributed by atoms with E-state index in [-0.39, 0.29) is 11.2 Å². The number of alkyl halides is 1. The first-order valence-corrected chi connectivity index (χ1v) is 6.82. The van der Waals surface area contributed by atoms with Crippen LogP contribution < -0.4 is 0 Å².